The Balaban J connectivity index is 2.63. The van der Waals surface area contributed by atoms with Crippen molar-refractivity contribution in [2.45, 2.75) is 13.8 Å². The summed E-state index contributed by atoms with van der Waals surface area (Å²) < 4.78 is 47.9. The van der Waals surface area contributed by atoms with Crippen molar-refractivity contribution in [3.8, 4) is 5.75 Å². The minimum absolute atomic E-state index is 0.186. The lowest BCUT2D eigenvalue weighted by molar-refractivity contribution is 0.110. The van der Waals surface area contributed by atoms with Gasteiger partial charge < -0.3 is 22.4 Å². The second-order valence-electron chi connectivity index (χ2n) is 3.64. The van der Waals surface area contributed by atoms with Crippen LogP contribution in [0.1, 0.15) is 12.5 Å². The largest absolute Gasteiger partial charge is 0.509 e. The third-order valence-corrected chi connectivity index (χ3v) is 2.29. The standard InChI is InChI=1S/C11H15BF3O2/c1-3-16-6-7-17-10-4-5-11(9(2)8-10)12(13,14)15/h4-5,8H,3,6-7H2,1-2H3/q-1. The van der Waals surface area contributed by atoms with Crippen LogP contribution in [-0.4, -0.2) is 26.8 Å². The lowest BCUT2D eigenvalue weighted by atomic mass is 9.77. The highest BCUT2D eigenvalue weighted by Gasteiger charge is 2.27. The summed E-state index contributed by atoms with van der Waals surface area (Å²) >= 11 is 0. The van der Waals surface area contributed by atoms with Crippen molar-refractivity contribution in [2.75, 3.05) is 19.8 Å². The normalized spacial score (nSPS) is 11.6. The molecule has 0 fully saturated rings. The number of ether oxygens (including phenoxy) is 2. The average molecular weight is 247 g/mol. The number of benzene rings is 1. The maximum atomic E-state index is 12.5. The van der Waals surface area contributed by atoms with E-state index in [1.165, 1.54) is 19.1 Å². The Bertz CT molecular complexity index is 366. The minimum atomic E-state index is -4.95. The van der Waals surface area contributed by atoms with E-state index in [4.69, 9.17) is 9.47 Å². The van der Waals surface area contributed by atoms with Gasteiger partial charge >= 0.3 is 6.98 Å². The van der Waals surface area contributed by atoms with Crippen molar-refractivity contribution in [3.05, 3.63) is 23.8 Å². The second kappa shape index (κ2) is 5.96. The molecule has 0 saturated carbocycles. The Kier molecular flexibility index (Phi) is 4.87. The van der Waals surface area contributed by atoms with Gasteiger partial charge in [0.15, 0.2) is 0 Å². The van der Waals surface area contributed by atoms with Crippen LogP contribution in [0.4, 0.5) is 12.9 Å². The van der Waals surface area contributed by atoms with E-state index in [0.29, 0.717) is 25.6 Å². The zero-order valence-electron chi connectivity index (χ0n) is 9.88. The summed E-state index contributed by atoms with van der Waals surface area (Å²) in [7, 11) is 0. The number of hydrogen-bond acceptors (Lipinski definition) is 2. The Morgan fingerprint density at radius 3 is 2.41 bits per heavy atom. The van der Waals surface area contributed by atoms with Gasteiger partial charge in [-0.05, 0) is 26.0 Å². The summed E-state index contributed by atoms with van der Waals surface area (Å²) in [6.07, 6.45) is 0. The molecule has 0 amide bonds. The van der Waals surface area contributed by atoms with E-state index in [9.17, 15) is 12.9 Å². The maximum absolute atomic E-state index is 12.5. The van der Waals surface area contributed by atoms with Gasteiger partial charge in [-0.2, -0.15) is 0 Å². The number of rotatable bonds is 6. The van der Waals surface area contributed by atoms with E-state index in [-0.39, 0.29) is 5.56 Å². The number of hydrogen-bond donors (Lipinski definition) is 0. The number of aryl methyl sites for hydroxylation is 1. The first kappa shape index (κ1) is 13.9. The van der Waals surface area contributed by atoms with E-state index >= 15 is 0 Å². The molecule has 0 heterocycles. The van der Waals surface area contributed by atoms with Crippen LogP contribution in [-0.2, 0) is 4.74 Å². The highest BCUT2D eigenvalue weighted by Crippen LogP contribution is 2.17. The second-order valence-corrected chi connectivity index (χ2v) is 3.64. The maximum Gasteiger partial charge on any atom is 0.509 e. The molecule has 0 aromatic heterocycles. The molecular weight excluding hydrogens is 232 g/mol. The third kappa shape index (κ3) is 4.30. The molecule has 6 heteroatoms. The van der Waals surface area contributed by atoms with Gasteiger partial charge in [-0.1, -0.05) is 11.6 Å². The molecule has 17 heavy (non-hydrogen) atoms. The van der Waals surface area contributed by atoms with Gasteiger partial charge in [0.1, 0.15) is 12.4 Å². The van der Waals surface area contributed by atoms with E-state index in [2.05, 4.69) is 0 Å². The van der Waals surface area contributed by atoms with E-state index < -0.39 is 12.4 Å². The first-order chi connectivity index (χ1) is 7.95. The fraction of sp³-hybridized carbons (Fsp3) is 0.455. The van der Waals surface area contributed by atoms with Crippen molar-refractivity contribution >= 4 is 12.4 Å². The predicted molar refractivity (Wildman–Crippen MR) is 61.9 cm³/mol. The Labute approximate surface area is 98.8 Å². The molecule has 96 valence electrons. The average Bonchev–Trinajstić information content (AvgIpc) is 2.23. The van der Waals surface area contributed by atoms with Gasteiger partial charge in [-0.15, -0.1) is 5.46 Å². The van der Waals surface area contributed by atoms with Crippen molar-refractivity contribution in [1.82, 2.24) is 0 Å². The quantitative estimate of drug-likeness (QED) is 0.567. The van der Waals surface area contributed by atoms with Crippen LogP contribution in [0.2, 0.25) is 0 Å². The summed E-state index contributed by atoms with van der Waals surface area (Å²) in [6.45, 7) is -0.288. The minimum Gasteiger partial charge on any atom is -0.491 e. The molecule has 0 spiro atoms. The van der Waals surface area contributed by atoms with Gasteiger partial charge in [0, 0.05) is 6.61 Å². The molecule has 0 N–H and O–H groups in total. The Hall–Kier alpha value is -1.17. The first-order valence-corrected chi connectivity index (χ1v) is 5.46. The van der Waals surface area contributed by atoms with Gasteiger partial charge in [0.05, 0.1) is 6.61 Å². The van der Waals surface area contributed by atoms with Crippen LogP contribution in [0.3, 0.4) is 0 Å². The first-order valence-electron chi connectivity index (χ1n) is 5.46. The van der Waals surface area contributed by atoms with Gasteiger partial charge in [-0.3, -0.25) is 0 Å². The monoisotopic (exact) mass is 247 g/mol. The summed E-state index contributed by atoms with van der Waals surface area (Å²) in [5.41, 5.74) is -0.381. The Morgan fingerprint density at radius 1 is 1.18 bits per heavy atom. The highest BCUT2D eigenvalue weighted by atomic mass is 19.4. The topological polar surface area (TPSA) is 18.5 Å². The van der Waals surface area contributed by atoms with Crippen LogP contribution in [0.15, 0.2) is 18.2 Å². The van der Waals surface area contributed by atoms with Crippen molar-refractivity contribution in [1.29, 1.82) is 0 Å². The summed E-state index contributed by atoms with van der Waals surface area (Å²) in [4.78, 5) is 0. The lowest BCUT2D eigenvalue weighted by Crippen LogP contribution is -2.35. The SMILES string of the molecule is CCOCCOc1ccc([B-](F)(F)F)c(C)c1. The molecule has 1 rings (SSSR count). The molecule has 0 bridgehead atoms. The molecule has 1 aromatic carbocycles. The van der Waals surface area contributed by atoms with Gasteiger partial charge in [0.25, 0.3) is 0 Å². The third-order valence-electron chi connectivity index (χ3n) is 2.29. The van der Waals surface area contributed by atoms with Crippen LogP contribution < -0.4 is 10.2 Å². The van der Waals surface area contributed by atoms with E-state index in [1.54, 1.807) is 0 Å². The molecule has 0 unspecified atom stereocenters. The summed E-state index contributed by atoms with van der Waals surface area (Å²) in [5, 5.41) is 0. The molecule has 2 nitrogen and oxygen atoms in total. The fourth-order valence-corrected chi connectivity index (χ4v) is 1.47. The molecule has 0 saturated heterocycles. The van der Waals surface area contributed by atoms with Crippen LogP contribution in [0.25, 0.3) is 0 Å². The zero-order valence-corrected chi connectivity index (χ0v) is 9.88. The van der Waals surface area contributed by atoms with Crippen LogP contribution in [0.5, 0.6) is 5.75 Å². The predicted octanol–water partition coefficient (Wildman–Crippen LogP) is 2.46. The lowest BCUT2D eigenvalue weighted by Gasteiger charge is -2.18. The van der Waals surface area contributed by atoms with Gasteiger partial charge in [0.2, 0.25) is 0 Å². The van der Waals surface area contributed by atoms with Crippen LogP contribution >= 0.6 is 0 Å². The van der Waals surface area contributed by atoms with E-state index in [0.717, 1.165) is 6.07 Å². The molecule has 0 aliphatic carbocycles. The molecule has 1 aromatic rings. The number of halogens is 3. The smallest absolute Gasteiger partial charge is 0.491 e. The molecule has 0 aliphatic heterocycles. The highest BCUT2D eigenvalue weighted by molar-refractivity contribution is 6.74. The van der Waals surface area contributed by atoms with Crippen LogP contribution in [0, 0.1) is 6.92 Å². The molecule has 0 atom stereocenters. The van der Waals surface area contributed by atoms with Crippen molar-refractivity contribution < 1.29 is 22.4 Å². The van der Waals surface area contributed by atoms with Crippen molar-refractivity contribution in [3.63, 3.8) is 0 Å². The zero-order chi connectivity index (χ0) is 12.9. The van der Waals surface area contributed by atoms with Crippen molar-refractivity contribution in [2.24, 2.45) is 0 Å². The van der Waals surface area contributed by atoms with Gasteiger partial charge in [-0.25, -0.2) is 0 Å². The Morgan fingerprint density at radius 2 is 1.88 bits per heavy atom. The summed E-state index contributed by atoms with van der Waals surface area (Å²) in [5.74, 6) is 0.436. The molecule has 0 radical (unpaired) electrons. The molecular formula is C11H15BF3O2-. The van der Waals surface area contributed by atoms with E-state index in [1.807, 2.05) is 6.92 Å². The fourth-order valence-electron chi connectivity index (χ4n) is 1.47. The summed E-state index contributed by atoms with van der Waals surface area (Å²) in [6, 6.07) is 3.80. The molecule has 0 aliphatic rings.